The maximum atomic E-state index is 11.7. The zero-order valence-electron chi connectivity index (χ0n) is 16.5. The van der Waals surface area contributed by atoms with E-state index in [0.29, 0.717) is 23.9 Å². The van der Waals surface area contributed by atoms with E-state index in [4.69, 9.17) is 4.74 Å². The molecule has 0 aliphatic heterocycles. The fraction of sp³-hybridized carbons (Fsp3) is 0.350. The Hall–Kier alpha value is -2.54. The first-order valence-electron chi connectivity index (χ1n) is 8.61. The molecule has 0 fully saturated rings. The number of benzene rings is 2. The van der Waals surface area contributed by atoms with Crippen molar-refractivity contribution in [2.45, 2.75) is 31.8 Å². The predicted molar refractivity (Wildman–Crippen MR) is 109 cm³/mol. The van der Waals surface area contributed by atoms with Crippen LogP contribution in [0.25, 0.3) is 0 Å². The summed E-state index contributed by atoms with van der Waals surface area (Å²) in [5.41, 5.74) is 3.96. The van der Waals surface area contributed by atoms with Crippen molar-refractivity contribution in [3.05, 3.63) is 58.7 Å². The van der Waals surface area contributed by atoms with E-state index in [1.54, 1.807) is 27.1 Å². The average Bonchev–Trinajstić information content (AvgIpc) is 2.60. The van der Waals surface area contributed by atoms with E-state index in [1.807, 2.05) is 31.2 Å². The number of ether oxygens (including phenoxy) is 1. The van der Waals surface area contributed by atoms with Crippen molar-refractivity contribution in [2.24, 2.45) is 4.99 Å². The quantitative estimate of drug-likeness (QED) is 0.586. The molecule has 0 saturated carbocycles. The molecule has 0 atom stereocenters. The first kappa shape index (κ1) is 20.8. The molecule has 0 aliphatic carbocycles. The molecule has 0 unspecified atom stereocenters. The zero-order chi connectivity index (χ0) is 20.0. The largest absolute Gasteiger partial charge is 0.497 e. The standard InChI is InChI=1S/C20H27N3O3S/c1-14-8-17(11-18(9-14)26-4)13-23-20(21-3)22-12-16-6-7-19(15(2)10-16)27(5,24)25/h6-11H,12-13H2,1-5H3,(H2,21,22,23). The molecular weight excluding hydrogens is 362 g/mol. The van der Waals surface area contributed by atoms with Gasteiger partial charge in [-0.05, 0) is 54.3 Å². The molecule has 0 spiro atoms. The van der Waals surface area contributed by atoms with Crippen LogP contribution in [-0.2, 0) is 22.9 Å². The van der Waals surface area contributed by atoms with Crippen LogP contribution < -0.4 is 15.4 Å². The van der Waals surface area contributed by atoms with Gasteiger partial charge in [0.2, 0.25) is 0 Å². The molecule has 6 nitrogen and oxygen atoms in total. The Morgan fingerprint density at radius 3 is 2.26 bits per heavy atom. The fourth-order valence-corrected chi connectivity index (χ4v) is 3.83. The topological polar surface area (TPSA) is 79.8 Å². The number of methoxy groups -OCH3 is 1. The van der Waals surface area contributed by atoms with Gasteiger partial charge in [0, 0.05) is 26.4 Å². The highest BCUT2D eigenvalue weighted by Gasteiger charge is 2.11. The highest BCUT2D eigenvalue weighted by molar-refractivity contribution is 7.90. The van der Waals surface area contributed by atoms with E-state index in [0.717, 1.165) is 28.0 Å². The van der Waals surface area contributed by atoms with Gasteiger partial charge in [0.05, 0.1) is 12.0 Å². The number of aryl methyl sites for hydroxylation is 2. The second kappa shape index (κ2) is 8.90. The van der Waals surface area contributed by atoms with Gasteiger partial charge in [0.25, 0.3) is 0 Å². The third-order valence-corrected chi connectivity index (χ3v) is 5.39. The molecule has 0 heterocycles. The Morgan fingerprint density at radius 1 is 1.04 bits per heavy atom. The summed E-state index contributed by atoms with van der Waals surface area (Å²) in [6.45, 7) is 4.99. The van der Waals surface area contributed by atoms with Gasteiger partial charge >= 0.3 is 0 Å². The van der Waals surface area contributed by atoms with Crippen molar-refractivity contribution in [1.29, 1.82) is 0 Å². The first-order valence-corrected chi connectivity index (χ1v) is 10.5. The van der Waals surface area contributed by atoms with Gasteiger partial charge in [0.1, 0.15) is 5.75 Å². The van der Waals surface area contributed by atoms with Crippen LogP contribution in [0, 0.1) is 13.8 Å². The smallest absolute Gasteiger partial charge is 0.191 e. The Balaban J connectivity index is 1.98. The van der Waals surface area contributed by atoms with Crippen molar-refractivity contribution in [3.8, 4) is 5.75 Å². The lowest BCUT2D eigenvalue weighted by molar-refractivity contribution is 0.414. The molecule has 0 radical (unpaired) electrons. The number of nitrogens with one attached hydrogen (secondary N) is 2. The van der Waals surface area contributed by atoms with Crippen molar-refractivity contribution >= 4 is 15.8 Å². The van der Waals surface area contributed by atoms with Crippen molar-refractivity contribution in [3.63, 3.8) is 0 Å². The molecule has 0 aliphatic rings. The van der Waals surface area contributed by atoms with Gasteiger partial charge in [-0.15, -0.1) is 0 Å². The zero-order valence-corrected chi connectivity index (χ0v) is 17.3. The minimum absolute atomic E-state index is 0.363. The summed E-state index contributed by atoms with van der Waals surface area (Å²) in [7, 11) is 0.167. The van der Waals surface area contributed by atoms with Crippen LogP contribution in [0.4, 0.5) is 0 Å². The van der Waals surface area contributed by atoms with Gasteiger partial charge in [-0.2, -0.15) is 0 Å². The molecule has 0 saturated heterocycles. The minimum atomic E-state index is -3.20. The Kier molecular flexibility index (Phi) is 6.85. The molecule has 0 bridgehead atoms. The summed E-state index contributed by atoms with van der Waals surface area (Å²) in [5.74, 6) is 1.50. The van der Waals surface area contributed by atoms with Gasteiger partial charge in [-0.1, -0.05) is 18.2 Å². The average molecular weight is 390 g/mol. The lowest BCUT2D eigenvalue weighted by atomic mass is 10.1. The molecule has 27 heavy (non-hydrogen) atoms. The van der Waals surface area contributed by atoms with Crippen LogP contribution >= 0.6 is 0 Å². The summed E-state index contributed by atoms with van der Waals surface area (Å²) < 4.78 is 28.7. The Bertz CT molecular complexity index is 937. The van der Waals surface area contributed by atoms with Gasteiger partial charge in [-0.3, -0.25) is 4.99 Å². The van der Waals surface area contributed by atoms with Crippen LogP contribution in [0.1, 0.15) is 22.3 Å². The number of nitrogens with zero attached hydrogens (tertiary/aromatic N) is 1. The Morgan fingerprint density at radius 2 is 1.70 bits per heavy atom. The van der Waals surface area contributed by atoms with E-state index in [9.17, 15) is 8.42 Å². The SMILES string of the molecule is CN=C(NCc1cc(C)cc(OC)c1)NCc1ccc(S(C)(=O)=O)c(C)c1. The molecule has 2 N–H and O–H groups in total. The van der Waals surface area contributed by atoms with E-state index < -0.39 is 9.84 Å². The van der Waals surface area contributed by atoms with Gasteiger partial charge < -0.3 is 15.4 Å². The lowest BCUT2D eigenvalue weighted by Gasteiger charge is -2.14. The van der Waals surface area contributed by atoms with E-state index in [1.165, 1.54) is 6.26 Å². The van der Waals surface area contributed by atoms with Crippen LogP contribution in [-0.4, -0.2) is 34.8 Å². The molecule has 146 valence electrons. The van der Waals surface area contributed by atoms with Crippen molar-refractivity contribution in [2.75, 3.05) is 20.4 Å². The van der Waals surface area contributed by atoms with Crippen molar-refractivity contribution < 1.29 is 13.2 Å². The summed E-state index contributed by atoms with van der Waals surface area (Å²) in [5, 5.41) is 6.51. The molecule has 0 amide bonds. The third kappa shape index (κ3) is 5.99. The number of sulfone groups is 1. The Labute approximate surface area is 161 Å². The number of aliphatic imine (C=N–C) groups is 1. The number of hydrogen-bond donors (Lipinski definition) is 2. The summed E-state index contributed by atoms with van der Waals surface area (Å²) in [6.07, 6.45) is 1.22. The summed E-state index contributed by atoms with van der Waals surface area (Å²) in [6, 6.07) is 11.4. The molecule has 2 rings (SSSR count). The normalized spacial score (nSPS) is 12.0. The number of guanidine groups is 1. The van der Waals surface area contributed by atoms with Crippen LogP contribution in [0.5, 0.6) is 5.75 Å². The van der Waals surface area contributed by atoms with Gasteiger partial charge in [0.15, 0.2) is 15.8 Å². The van der Waals surface area contributed by atoms with Crippen LogP contribution in [0.3, 0.4) is 0 Å². The lowest BCUT2D eigenvalue weighted by Crippen LogP contribution is -2.36. The minimum Gasteiger partial charge on any atom is -0.497 e. The highest BCUT2D eigenvalue weighted by atomic mass is 32.2. The maximum Gasteiger partial charge on any atom is 0.191 e. The summed E-state index contributed by atoms with van der Waals surface area (Å²) >= 11 is 0. The number of rotatable bonds is 6. The highest BCUT2D eigenvalue weighted by Crippen LogP contribution is 2.17. The molecule has 2 aromatic rings. The molecule has 2 aromatic carbocycles. The third-order valence-electron chi connectivity index (χ3n) is 4.13. The van der Waals surface area contributed by atoms with E-state index in [-0.39, 0.29) is 0 Å². The maximum absolute atomic E-state index is 11.7. The van der Waals surface area contributed by atoms with Crippen molar-refractivity contribution in [1.82, 2.24) is 10.6 Å². The number of hydrogen-bond acceptors (Lipinski definition) is 4. The monoisotopic (exact) mass is 389 g/mol. The van der Waals surface area contributed by atoms with E-state index >= 15 is 0 Å². The second-order valence-corrected chi connectivity index (χ2v) is 8.49. The van der Waals surface area contributed by atoms with Crippen LogP contribution in [0.15, 0.2) is 46.3 Å². The second-order valence-electron chi connectivity index (χ2n) is 6.51. The van der Waals surface area contributed by atoms with E-state index in [2.05, 4.69) is 21.7 Å². The fourth-order valence-electron chi connectivity index (χ4n) is 2.87. The predicted octanol–water partition coefficient (Wildman–Crippen LogP) is 2.58. The molecule has 0 aromatic heterocycles. The first-order chi connectivity index (χ1) is 12.7. The molecule has 7 heteroatoms. The summed E-state index contributed by atoms with van der Waals surface area (Å²) in [4.78, 5) is 4.59. The molecular formula is C20H27N3O3S. The van der Waals surface area contributed by atoms with Gasteiger partial charge in [-0.25, -0.2) is 8.42 Å². The van der Waals surface area contributed by atoms with Crippen LogP contribution in [0.2, 0.25) is 0 Å².